The van der Waals surface area contributed by atoms with Gasteiger partial charge < -0.3 is 25.2 Å². The molecule has 2 rings (SSSR count). The molecule has 0 bridgehead atoms. The number of aliphatic hydroxyl groups is 2. The molecule has 0 aromatic rings. The summed E-state index contributed by atoms with van der Waals surface area (Å²) in [6.07, 6.45) is 0.893. The molecule has 0 radical (unpaired) electrons. The van der Waals surface area contributed by atoms with Crippen molar-refractivity contribution in [1.29, 1.82) is 0 Å². The fourth-order valence-electron chi connectivity index (χ4n) is 3.10. The molecule has 1 aliphatic carbocycles. The first-order valence-electron chi connectivity index (χ1n) is 6.47. The van der Waals surface area contributed by atoms with Crippen molar-refractivity contribution in [3.05, 3.63) is 11.6 Å². The monoisotopic (exact) mass is 286 g/mol. The molecule has 1 fully saturated rings. The average molecular weight is 286 g/mol. The minimum atomic E-state index is -1.63. The van der Waals surface area contributed by atoms with E-state index in [0.29, 0.717) is 5.57 Å². The van der Waals surface area contributed by atoms with Crippen LogP contribution in [0.2, 0.25) is 0 Å². The molecule has 7 heteroatoms. The molecule has 1 saturated heterocycles. The number of aliphatic hydroxyl groups excluding tert-OH is 1. The summed E-state index contributed by atoms with van der Waals surface area (Å²) in [7, 11) is 0. The zero-order chi connectivity index (χ0) is 15.1. The van der Waals surface area contributed by atoms with Crippen molar-refractivity contribution in [2.24, 2.45) is 17.8 Å². The molecule has 1 heterocycles. The molecular formula is C13H18O7. The van der Waals surface area contributed by atoms with Gasteiger partial charge in [0.2, 0.25) is 0 Å². The van der Waals surface area contributed by atoms with Crippen LogP contribution in [0.3, 0.4) is 0 Å². The molecule has 7 nitrogen and oxygen atoms in total. The van der Waals surface area contributed by atoms with E-state index in [1.165, 1.54) is 6.92 Å². The molecule has 2 aliphatic rings. The van der Waals surface area contributed by atoms with E-state index < -0.39 is 41.8 Å². The van der Waals surface area contributed by atoms with Crippen LogP contribution in [0.4, 0.5) is 0 Å². The standard InChI is InChI=1S/C13H18O7/c1-6-4-7(13(19)3-2-9(14)20-13)5-8(11(15)16)10(6)12(17)18/h4,7-10,14,19H,2-3,5H2,1H3,(H,15,16)(H,17,18). The fourth-order valence-corrected chi connectivity index (χ4v) is 3.10. The summed E-state index contributed by atoms with van der Waals surface area (Å²) in [5.41, 5.74) is 0.388. The molecule has 0 saturated carbocycles. The van der Waals surface area contributed by atoms with Crippen LogP contribution in [0.15, 0.2) is 11.6 Å². The van der Waals surface area contributed by atoms with Gasteiger partial charge in [-0.2, -0.15) is 0 Å². The topological polar surface area (TPSA) is 124 Å². The summed E-state index contributed by atoms with van der Waals surface area (Å²) in [5.74, 6) is -6.89. The van der Waals surface area contributed by atoms with Gasteiger partial charge in [0.25, 0.3) is 0 Å². The Kier molecular flexibility index (Phi) is 3.86. The first-order valence-corrected chi connectivity index (χ1v) is 6.47. The van der Waals surface area contributed by atoms with Crippen molar-refractivity contribution >= 4 is 11.9 Å². The lowest BCUT2D eigenvalue weighted by atomic mass is 9.72. The zero-order valence-electron chi connectivity index (χ0n) is 11.0. The highest BCUT2D eigenvalue weighted by Crippen LogP contribution is 2.43. The van der Waals surface area contributed by atoms with E-state index in [-0.39, 0.29) is 19.3 Å². The number of ether oxygens (including phenoxy) is 1. The van der Waals surface area contributed by atoms with Crippen LogP contribution in [-0.4, -0.2) is 44.4 Å². The Balaban J connectivity index is 2.30. The minimum Gasteiger partial charge on any atom is -0.481 e. The SMILES string of the molecule is CC1=CC(C2(O)CCC(O)O2)CC(C(=O)O)C1C(=O)O. The van der Waals surface area contributed by atoms with Crippen molar-refractivity contribution in [3.8, 4) is 0 Å². The van der Waals surface area contributed by atoms with Gasteiger partial charge in [0.05, 0.1) is 11.8 Å². The largest absolute Gasteiger partial charge is 0.481 e. The average Bonchev–Trinajstić information content (AvgIpc) is 2.68. The van der Waals surface area contributed by atoms with E-state index in [1.54, 1.807) is 6.08 Å². The van der Waals surface area contributed by atoms with Gasteiger partial charge in [0.1, 0.15) is 0 Å². The Bertz CT molecular complexity index is 458. The van der Waals surface area contributed by atoms with Gasteiger partial charge in [-0.15, -0.1) is 0 Å². The van der Waals surface area contributed by atoms with Crippen molar-refractivity contribution in [3.63, 3.8) is 0 Å². The molecule has 0 spiro atoms. The predicted octanol–water partition coefficient (Wildman–Crippen LogP) is 0.172. The minimum absolute atomic E-state index is 0.0349. The van der Waals surface area contributed by atoms with E-state index >= 15 is 0 Å². The van der Waals surface area contributed by atoms with E-state index in [1.807, 2.05) is 0 Å². The van der Waals surface area contributed by atoms with Crippen LogP contribution in [0.25, 0.3) is 0 Å². The number of rotatable bonds is 3. The maximum atomic E-state index is 11.3. The van der Waals surface area contributed by atoms with Crippen LogP contribution in [-0.2, 0) is 14.3 Å². The van der Waals surface area contributed by atoms with Gasteiger partial charge in [-0.25, -0.2) is 0 Å². The summed E-state index contributed by atoms with van der Waals surface area (Å²) in [4.78, 5) is 22.5. The third kappa shape index (κ3) is 2.56. The summed E-state index contributed by atoms with van der Waals surface area (Å²) in [5, 5.41) is 38.1. The molecule has 5 unspecified atom stereocenters. The molecule has 112 valence electrons. The Morgan fingerprint density at radius 3 is 2.45 bits per heavy atom. The molecule has 5 atom stereocenters. The smallest absolute Gasteiger partial charge is 0.311 e. The second kappa shape index (κ2) is 5.16. The summed E-state index contributed by atoms with van der Waals surface area (Å²) >= 11 is 0. The summed E-state index contributed by atoms with van der Waals surface area (Å²) < 4.78 is 5.09. The highest BCUT2D eigenvalue weighted by molar-refractivity contribution is 5.82. The lowest BCUT2D eigenvalue weighted by molar-refractivity contribution is -0.257. The fraction of sp³-hybridized carbons (Fsp3) is 0.692. The summed E-state index contributed by atoms with van der Waals surface area (Å²) in [6.45, 7) is 1.54. The van der Waals surface area contributed by atoms with Crippen LogP contribution in [0.5, 0.6) is 0 Å². The molecule has 0 aromatic heterocycles. The molecule has 20 heavy (non-hydrogen) atoms. The van der Waals surface area contributed by atoms with Crippen molar-refractivity contribution in [2.75, 3.05) is 0 Å². The third-order valence-corrected chi connectivity index (χ3v) is 4.12. The molecule has 4 N–H and O–H groups in total. The number of hydrogen-bond acceptors (Lipinski definition) is 5. The van der Waals surface area contributed by atoms with Gasteiger partial charge >= 0.3 is 11.9 Å². The van der Waals surface area contributed by atoms with Gasteiger partial charge in [-0.1, -0.05) is 11.6 Å². The second-order valence-corrected chi connectivity index (χ2v) is 5.47. The van der Waals surface area contributed by atoms with Gasteiger partial charge in [0.15, 0.2) is 12.1 Å². The molecule has 0 aromatic carbocycles. The highest BCUT2D eigenvalue weighted by Gasteiger charge is 2.49. The second-order valence-electron chi connectivity index (χ2n) is 5.47. The number of carbonyl (C=O) groups is 2. The maximum Gasteiger partial charge on any atom is 0.311 e. The first-order chi connectivity index (χ1) is 9.24. The van der Waals surface area contributed by atoms with Crippen molar-refractivity contribution in [2.45, 2.75) is 38.3 Å². The number of hydrogen-bond donors (Lipinski definition) is 4. The maximum absolute atomic E-state index is 11.3. The summed E-state index contributed by atoms with van der Waals surface area (Å²) in [6, 6.07) is 0. The molecule has 1 aliphatic heterocycles. The van der Waals surface area contributed by atoms with Crippen molar-refractivity contribution < 1.29 is 34.8 Å². The van der Waals surface area contributed by atoms with Crippen LogP contribution in [0.1, 0.15) is 26.2 Å². The lowest BCUT2D eigenvalue weighted by Crippen LogP contribution is -2.44. The van der Waals surface area contributed by atoms with Crippen LogP contribution in [0, 0.1) is 17.8 Å². The number of carboxylic acid groups (broad SMARTS) is 2. The quantitative estimate of drug-likeness (QED) is 0.545. The van der Waals surface area contributed by atoms with Gasteiger partial charge in [0, 0.05) is 18.8 Å². The van der Waals surface area contributed by atoms with E-state index in [4.69, 9.17) is 9.84 Å². The third-order valence-electron chi connectivity index (χ3n) is 4.12. The van der Waals surface area contributed by atoms with E-state index in [0.717, 1.165) is 0 Å². The van der Waals surface area contributed by atoms with Gasteiger partial charge in [-0.3, -0.25) is 9.59 Å². The predicted molar refractivity (Wildman–Crippen MR) is 65.4 cm³/mol. The Hall–Kier alpha value is -1.44. The zero-order valence-corrected chi connectivity index (χ0v) is 11.0. The number of aliphatic carboxylic acids is 2. The van der Waals surface area contributed by atoms with Gasteiger partial charge in [-0.05, 0) is 13.3 Å². The lowest BCUT2D eigenvalue weighted by Gasteiger charge is -2.37. The normalized spacial score (nSPS) is 41.2. The van der Waals surface area contributed by atoms with Crippen LogP contribution >= 0.6 is 0 Å². The Labute approximate surface area is 115 Å². The Morgan fingerprint density at radius 1 is 1.35 bits per heavy atom. The molecule has 0 amide bonds. The van der Waals surface area contributed by atoms with Crippen molar-refractivity contribution in [1.82, 2.24) is 0 Å². The molecular weight excluding hydrogens is 268 g/mol. The Morgan fingerprint density at radius 2 is 2.00 bits per heavy atom. The van der Waals surface area contributed by atoms with E-state index in [9.17, 15) is 24.9 Å². The number of carboxylic acids is 2. The van der Waals surface area contributed by atoms with E-state index in [2.05, 4.69) is 0 Å². The highest BCUT2D eigenvalue weighted by atomic mass is 16.7. The van der Waals surface area contributed by atoms with Crippen LogP contribution < -0.4 is 0 Å². The first kappa shape index (κ1) is 15.0.